The number of rotatable bonds is 4. The van der Waals surface area contributed by atoms with Gasteiger partial charge < -0.3 is 20.5 Å². The average Bonchev–Trinajstić information content (AvgIpc) is 2.87. The summed E-state index contributed by atoms with van der Waals surface area (Å²) in [4.78, 5) is 25.2. The van der Waals surface area contributed by atoms with Gasteiger partial charge in [0.2, 0.25) is 5.91 Å². The summed E-state index contributed by atoms with van der Waals surface area (Å²) in [6.45, 7) is 2.73. The summed E-state index contributed by atoms with van der Waals surface area (Å²) < 4.78 is 4.71. The lowest BCUT2D eigenvalue weighted by Gasteiger charge is -2.41. The smallest absolute Gasteiger partial charge is 0.307 e. The molecule has 1 amide bonds. The van der Waals surface area contributed by atoms with Gasteiger partial charge in [0.1, 0.15) is 6.04 Å². The van der Waals surface area contributed by atoms with E-state index < -0.39 is 12.1 Å². The van der Waals surface area contributed by atoms with Crippen LogP contribution in [0.3, 0.4) is 0 Å². The van der Waals surface area contributed by atoms with E-state index in [4.69, 9.17) is 10.5 Å². The van der Waals surface area contributed by atoms with Crippen LogP contribution in [-0.4, -0.2) is 70.9 Å². The van der Waals surface area contributed by atoms with Gasteiger partial charge in [0.05, 0.1) is 24.5 Å². The fourth-order valence-corrected chi connectivity index (χ4v) is 4.48. The van der Waals surface area contributed by atoms with Gasteiger partial charge in [0.25, 0.3) is 0 Å². The first-order valence-electron chi connectivity index (χ1n) is 7.58. The number of carbonyl (C=O) groups is 2. The van der Waals surface area contributed by atoms with Gasteiger partial charge in [-0.2, -0.15) is 0 Å². The maximum atomic E-state index is 12.3. The van der Waals surface area contributed by atoms with Gasteiger partial charge in [-0.05, 0) is 19.8 Å². The third-order valence-electron chi connectivity index (χ3n) is 4.24. The van der Waals surface area contributed by atoms with Crippen molar-refractivity contribution in [3.05, 3.63) is 0 Å². The Morgan fingerprint density at radius 3 is 2.95 bits per heavy atom. The molecule has 0 aromatic carbocycles. The maximum Gasteiger partial charge on any atom is 0.307 e. The van der Waals surface area contributed by atoms with Crippen LogP contribution in [0, 0.1) is 0 Å². The minimum atomic E-state index is -0.882. The number of carbonyl (C=O) groups excluding carboxylic acids is 2. The normalized spacial score (nSPS) is 31.1. The number of methoxy groups -OCH3 is 1. The van der Waals surface area contributed by atoms with Gasteiger partial charge in [-0.25, -0.2) is 0 Å². The molecule has 126 valence electrons. The molecule has 0 aliphatic carbocycles. The van der Waals surface area contributed by atoms with Crippen molar-refractivity contribution in [1.82, 2.24) is 10.2 Å². The lowest BCUT2D eigenvalue weighted by Crippen LogP contribution is -2.59. The minimum absolute atomic E-state index is 0.0675. The van der Waals surface area contributed by atoms with Gasteiger partial charge >= 0.3 is 5.97 Å². The fourth-order valence-electron chi connectivity index (χ4n) is 2.97. The quantitative estimate of drug-likeness (QED) is 0.584. The number of nitrogens with one attached hydrogen (secondary N) is 1. The molecule has 2 aliphatic rings. The van der Waals surface area contributed by atoms with E-state index in [1.54, 1.807) is 16.7 Å². The van der Waals surface area contributed by atoms with Crippen LogP contribution in [0.25, 0.3) is 0 Å². The predicted molar refractivity (Wildman–Crippen MR) is 84.2 cm³/mol. The molecule has 0 aromatic rings. The topological polar surface area (TPSA) is 105 Å². The zero-order chi connectivity index (χ0) is 16.3. The summed E-state index contributed by atoms with van der Waals surface area (Å²) in [7, 11) is 1.39. The van der Waals surface area contributed by atoms with E-state index in [0.29, 0.717) is 19.5 Å². The number of esters is 1. The molecule has 2 fully saturated rings. The fraction of sp³-hybridized carbons (Fsp3) is 0.857. The molecule has 4 atom stereocenters. The van der Waals surface area contributed by atoms with Crippen molar-refractivity contribution in [3.63, 3.8) is 0 Å². The Bertz CT molecular complexity index is 434. The van der Waals surface area contributed by atoms with Crippen LogP contribution in [-0.2, 0) is 14.3 Å². The van der Waals surface area contributed by atoms with Crippen molar-refractivity contribution in [2.45, 2.75) is 49.2 Å². The highest BCUT2D eigenvalue weighted by molar-refractivity contribution is 8.00. The first-order valence-corrected chi connectivity index (χ1v) is 8.56. The predicted octanol–water partition coefficient (Wildman–Crippen LogP) is -0.719. The third-order valence-corrected chi connectivity index (χ3v) is 5.81. The number of aliphatic hydroxyl groups excluding tert-OH is 1. The van der Waals surface area contributed by atoms with Crippen LogP contribution < -0.4 is 11.1 Å². The molecular formula is C14H25N3O4S. The molecule has 2 rings (SSSR count). The first kappa shape index (κ1) is 17.5. The Kier molecular flexibility index (Phi) is 5.70. The summed E-state index contributed by atoms with van der Waals surface area (Å²) >= 11 is 1.75. The molecule has 2 aliphatic heterocycles. The Morgan fingerprint density at radius 1 is 1.59 bits per heavy atom. The number of ether oxygens (including phenoxy) is 1. The molecule has 0 aromatic heterocycles. The van der Waals surface area contributed by atoms with Crippen LogP contribution >= 0.6 is 11.8 Å². The molecular weight excluding hydrogens is 306 g/mol. The largest absolute Gasteiger partial charge is 0.469 e. The molecule has 2 saturated heterocycles. The third kappa shape index (κ3) is 3.92. The van der Waals surface area contributed by atoms with E-state index in [2.05, 4.69) is 5.32 Å². The molecule has 7 nitrogen and oxygen atoms in total. The van der Waals surface area contributed by atoms with Crippen molar-refractivity contribution in [1.29, 1.82) is 0 Å². The number of thioether (sulfide) groups is 1. The van der Waals surface area contributed by atoms with E-state index in [9.17, 15) is 14.7 Å². The number of aliphatic hydroxyl groups is 1. The van der Waals surface area contributed by atoms with E-state index in [1.165, 1.54) is 14.0 Å². The number of hydrogen-bond acceptors (Lipinski definition) is 7. The second-order valence-electron chi connectivity index (χ2n) is 6.06. The maximum absolute atomic E-state index is 12.3. The molecule has 1 spiro atoms. The van der Waals surface area contributed by atoms with Crippen LogP contribution in [0.1, 0.15) is 26.2 Å². The van der Waals surface area contributed by atoms with Crippen molar-refractivity contribution in [2.24, 2.45) is 5.73 Å². The first-order chi connectivity index (χ1) is 10.4. The number of nitrogens with zero attached hydrogens (tertiary/aromatic N) is 1. The minimum Gasteiger partial charge on any atom is -0.469 e. The van der Waals surface area contributed by atoms with E-state index in [-0.39, 0.29) is 22.8 Å². The summed E-state index contributed by atoms with van der Waals surface area (Å²) in [6, 6.07) is -0.814. The van der Waals surface area contributed by atoms with Crippen LogP contribution in [0.2, 0.25) is 0 Å². The SMILES string of the molecule is COC(=O)C[C@@H]1CSC2(CCCN(C(=O)[C@@H](N)[C@@H](C)O)C2)N1. The summed E-state index contributed by atoms with van der Waals surface area (Å²) in [5.41, 5.74) is 5.76. The standard InChI is InChI=1S/C14H25N3O4S/c1-9(18)12(15)13(20)17-5-3-4-14(8-17)16-10(7-22-14)6-11(19)21-2/h9-10,12,16,18H,3-8,15H2,1-2H3/t9-,10-,12+,14?/m1/s1. The molecule has 0 radical (unpaired) electrons. The Hall–Kier alpha value is -0.830. The molecule has 1 unspecified atom stereocenters. The van der Waals surface area contributed by atoms with Gasteiger partial charge in [0, 0.05) is 24.9 Å². The lowest BCUT2D eigenvalue weighted by atomic mass is 10.0. The zero-order valence-corrected chi connectivity index (χ0v) is 13.9. The van der Waals surface area contributed by atoms with Crippen LogP contribution in [0.4, 0.5) is 0 Å². The lowest BCUT2D eigenvalue weighted by molar-refractivity contribution is -0.141. The monoisotopic (exact) mass is 331 g/mol. The van der Waals surface area contributed by atoms with Gasteiger partial charge in [-0.15, -0.1) is 11.8 Å². The molecule has 0 bridgehead atoms. The molecule has 8 heteroatoms. The number of hydrogen-bond donors (Lipinski definition) is 3. The van der Waals surface area contributed by atoms with Gasteiger partial charge in [-0.3, -0.25) is 14.9 Å². The number of likely N-dealkylation sites (tertiary alicyclic amines) is 1. The van der Waals surface area contributed by atoms with E-state index >= 15 is 0 Å². The average molecular weight is 331 g/mol. The number of amides is 1. The second kappa shape index (κ2) is 7.16. The van der Waals surface area contributed by atoms with Gasteiger partial charge in [-0.1, -0.05) is 0 Å². The van der Waals surface area contributed by atoms with E-state index in [1.807, 2.05) is 0 Å². The number of piperidine rings is 1. The van der Waals surface area contributed by atoms with Crippen molar-refractivity contribution < 1.29 is 19.4 Å². The molecule has 22 heavy (non-hydrogen) atoms. The highest BCUT2D eigenvalue weighted by atomic mass is 32.2. The van der Waals surface area contributed by atoms with E-state index in [0.717, 1.165) is 18.6 Å². The van der Waals surface area contributed by atoms with Crippen molar-refractivity contribution in [3.8, 4) is 0 Å². The van der Waals surface area contributed by atoms with Crippen LogP contribution in [0.5, 0.6) is 0 Å². The summed E-state index contributed by atoms with van der Waals surface area (Å²) in [5.74, 6) is 0.377. The Morgan fingerprint density at radius 2 is 2.32 bits per heavy atom. The number of nitrogens with two attached hydrogens (primary N) is 1. The molecule has 2 heterocycles. The second-order valence-corrected chi connectivity index (χ2v) is 7.46. The van der Waals surface area contributed by atoms with Gasteiger partial charge in [0.15, 0.2) is 0 Å². The summed E-state index contributed by atoms with van der Waals surface area (Å²) in [5, 5.41) is 13.0. The zero-order valence-electron chi connectivity index (χ0n) is 13.1. The van der Waals surface area contributed by atoms with Crippen molar-refractivity contribution in [2.75, 3.05) is 26.0 Å². The highest BCUT2D eigenvalue weighted by Gasteiger charge is 2.44. The van der Waals surface area contributed by atoms with Crippen molar-refractivity contribution >= 4 is 23.6 Å². The Labute approximate surface area is 134 Å². The molecule has 4 N–H and O–H groups in total. The highest BCUT2D eigenvalue weighted by Crippen LogP contribution is 2.38. The Balaban J connectivity index is 1.96. The van der Waals surface area contributed by atoms with Crippen LogP contribution in [0.15, 0.2) is 0 Å². The molecule has 0 saturated carbocycles. The summed E-state index contributed by atoms with van der Waals surface area (Å²) in [6.07, 6.45) is 1.31.